The number of aryl methyl sites for hydroxylation is 2. The first-order valence-electron chi connectivity index (χ1n) is 8.77. The Bertz CT molecular complexity index is 972. The Kier molecular flexibility index (Phi) is 6.44. The molecule has 0 saturated carbocycles. The number of nitrogens with zero attached hydrogens (tertiary/aromatic N) is 3. The van der Waals surface area contributed by atoms with Crippen LogP contribution in [0.1, 0.15) is 17.0 Å². The van der Waals surface area contributed by atoms with Crippen LogP contribution in [0.15, 0.2) is 59.8 Å². The molecular weight excluding hydrogens is 374 g/mol. The molecule has 3 aromatic rings. The second kappa shape index (κ2) is 9.18. The van der Waals surface area contributed by atoms with Crippen molar-refractivity contribution in [3.8, 4) is 5.69 Å². The normalized spacial score (nSPS) is 10.5. The van der Waals surface area contributed by atoms with Crippen molar-refractivity contribution < 1.29 is 9.59 Å². The molecule has 0 spiro atoms. The third-order valence-electron chi connectivity index (χ3n) is 4.03. The van der Waals surface area contributed by atoms with E-state index in [2.05, 4.69) is 20.8 Å². The number of thioether (sulfide) groups is 1. The van der Waals surface area contributed by atoms with Gasteiger partial charge in [0.15, 0.2) is 5.16 Å². The largest absolute Gasteiger partial charge is 0.334 e. The summed E-state index contributed by atoms with van der Waals surface area (Å²) in [4.78, 5) is 24.0. The number of benzene rings is 2. The fraction of sp³-hybridized carbons (Fsp3) is 0.200. The van der Waals surface area contributed by atoms with Crippen molar-refractivity contribution in [2.45, 2.75) is 25.5 Å². The first-order chi connectivity index (χ1) is 13.5. The molecule has 1 aromatic heterocycles. The SMILES string of the molecule is Cc1ccccc1-n1c(C)nnc1SCC(=O)NC(=O)NCc1ccccc1. The highest BCUT2D eigenvalue weighted by atomic mass is 32.2. The number of amides is 3. The average Bonchev–Trinajstić information content (AvgIpc) is 3.06. The summed E-state index contributed by atoms with van der Waals surface area (Å²) >= 11 is 1.23. The van der Waals surface area contributed by atoms with Crippen LogP contribution < -0.4 is 10.6 Å². The Hall–Kier alpha value is -3.13. The Morgan fingerprint density at radius 1 is 1.00 bits per heavy atom. The summed E-state index contributed by atoms with van der Waals surface area (Å²) in [5.41, 5.74) is 3.01. The maximum atomic E-state index is 12.1. The fourth-order valence-electron chi connectivity index (χ4n) is 2.64. The highest BCUT2D eigenvalue weighted by Crippen LogP contribution is 2.23. The van der Waals surface area contributed by atoms with Crippen LogP contribution in [-0.2, 0) is 11.3 Å². The highest BCUT2D eigenvalue weighted by molar-refractivity contribution is 7.99. The lowest BCUT2D eigenvalue weighted by Gasteiger charge is -2.11. The molecule has 8 heteroatoms. The predicted molar refractivity (Wildman–Crippen MR) is 108 cm³/mol. The van der Waals surface area contributed by atoms with Crippen LogP contribution in [0, 0.1) is 13.8 Å². The molecular formula is C20H21N5O2S. The van der Waals surface area contributed by atoms with Crippen molar-refractivity contribution in [2.24, 2.45) is 0 Å². The van der Waals surface area contributed by atoms with Gasteiger partial charge in [0.05, 0.1) is 11.4 Å². The highest BCUT2D eigenvalue weighted by Gasteiger charge is 2.15. The van der Waals surface area contributed by atoms with Gasteiger partial charge < -0.3 is 5.32 Å². The van der Waals surface area contributed by atoms with Gasteiger partial charge in [0.25, 0.3) is 0 Å². The van der Waals surface area contributed by atoms with Crippen LogP contribution in [0.5, 0.6) is 0 Å². The van der Waals surface area contributed by atoms with Crippen molar-refractivity contribution >= 4 is 23.7 Å². The molecule has 28 heavy (non-hydrogen) atoms. The summed E-state index contributed by atoms with van der Waals surface area (Å²) in [6.45, 7) is 4.22. The molecule has 0 fully saturated rings. The van der Waals surface area contributed by atoms with Crippen LogP contribution in [0.4, 0.5) is 4.79 Å². The van der Waals surface area contributed by atoms with E-state index < -0.39 is 11.9 Å². The molecule has 144 valence electrons. The topological polar surface area (TPSA) is 88.9 Å². The van der Waals surface area contributed by atoms with Gasteiger partial charge in [-0.3, -0.25) is 14.7 Å². The van der Waals surface area contributed by atoms with Crippen molar-refractivity contribution in [3.05, 3.63) is 71.5 Å². The summed E-state index contributed by atoms with van der Waals surface area (Å²) < 4.78 is 1.91. The zero-order valence-electron chi connectivity index (χ0n) is 15.7. The van der Waals surface area contributed by atoms with E-state index in [0.717, 1.165) is 22.6 Å². The summed E-state index contributed by atoms with van der Waals surface area (Å²) in [6, 6.07) is 16.9. The van der Waals surface area contributed by atoms with Crippen LogP contribution >= 0.6 is 11.8 Å². The predicted octanol–water partition coefficient (Wildman–Crippen LogP) is 3.00. The lowest BCUT2D eigenvalue weighted by molar-refractivity contribution is -0.117. The number of rotatable bonds is 6. The van der Waals surface area contributed by atoms with E-state index in [1.807, 2.05) is 73.0 Å². The number of para-hydroxylation sites is 1. The number of urea groups is 1. The average molecular weight is 395 g/mol. The monoisotopic (exact) mass is 395 g/mol. The standard InChI is InChI=1S/C20H21N5O2S/c1-14-8-6-7-11-17(14)25-15(2)23-24-20(25)28-13-18(26)22-19(27)21-12-16-9-4-3-5-10-16/h3-11H,12-13H2,1-2H3,(H2,21,22,26,27). The molecule has 0 radical (unpaired) electrons. The third-order valence-corrected chi connectivity index (χ3v) is 4.96. The smallest absolute Gasteiger partial charge is 0.321 e. The van der Waals surface area contributed by atoms with E-state index in [4.69, 9.17) is 0 Å². The molecule has 0 saturated heterocycles. The van der Waals surface area contributed by atoms with Crippen molar-refractivity contribution in [2.75, 3.05) is 5.75 Å². The van der Waals surface area contributed by atoms with Gasteiger partial charge in [-0.15, -0.1) is 10.2 Å². The maximum absolute atomic E-state index is 12.1. The molecule has 3 amide bonds. The lowest BCUT2D eigenvalue weighted by atomic mass is 10.2. The molecule has 0 bridgehead atoms. The lowest BCUT2D eigenvalue weighted by Crippen LogP contribution is -2.40. The maximum Gasteiger partial charge on any atom is 0.321 e. The number of carbonyl (C=O) groups excluding carboxylic acids is 2. The number of aromatic nitrogens is 3. The minimum atomic E-state index is -0.522. The first-order valence-corrected chi connectivity index (χ1v) is 9.75. The zero-order valence-corrected chi connectivity index (χ0v) is 16.5. The van der Waals surface area contributed by atoms with E-state index in [1.165, 1.54) is 11.8 Å². The Balaban J connectivity index is 1.55. The molecule has 0 unspecified atom stereocenters. The zero-order chi connectivity index (χ0) is 19.9. The molecule has 3 rings (SSSR count). The minimum absolute atomic E-state index is 0.0583. The minimum Gasteiger partial charge on any atom is -0.334 e. The molecule has 2 aromatic carbocycles. The Morgan fingerprint density at radius 2 is 1.71 bits per heavy atom. The van der Waals surface area contributed by atoms with Crippen LogP contribution in [-0.4, -0.2) is 32.5 Å². The second-order valence-electron chi connectivity index (χ2n) is 6.16. The number of hydrogen-bond acceptors (Lipinski definition) is 5. The molecule has 0 aliphatic heterocycles. The number of nitrogens with one attached hydrogen (secondary N) is 2. The van der Waals surface area contributed by atoms with Crippen molar-refractivity contribution in [1.82, 2.24) is 25.4 Å². The van der Waals surface area contributed by atoms with Gasteiger partial charge in [-0.1, -0.05) is 60.3 Å². The van der Waals surface area contributed by atoms with E-state index in [0.29, 0.717) is 11.7 Å². The summed E-state index contributed by atoms with van der Waals surface area (Å²) in [7, 11) is 0. The molecule has 7 nitrogen and oxygen atoms in total. The summed E-state index contributed by atoms with van der Waals surface area (Å²) in [5, 5.41) is 13.9. The van der Waals surface area contributed by atoms with E-state index in [-0.39, 0.29) is 5.75 Å². The van der Waals surface area contributed by atoms with Crippen LogP contribution in [0.3, 0.4) is 0 Å². The van der Waals surface area contributed by atoms with Gasteiger partial charge in [0, 0.05) is 6.54 Å². The van der Waals surface area contributed by atoms with E-state index >= 15 is 0 Å². The molecule has 2 N–H and O–H groups in total. The fourth-order valence-corrected chi connectivity index (χ4v) is 3.43. The van der Waals surface area contributed by atoms with Crippen LogP contribution in [0.2, 0.25) is 0 Å². The second-order valence-corrected chi connectivity index (χ2v) is 7.10. The van der Waals surface area contributed by atoms with Gasteiger partial charge in [-0.25, -0.2) is 4.79 Å². The molecule has 1 heterocycles. The molecule has 0 aliphatic carbocycles. The van der Waals surface area contributed by atoms with E-state index in [9.17, 15) is 9.59 Å². The van der Waals surface area contributed by atoms with Crippen molar-refractivity contribution in [1.29, 1.82) is 0 Å². The Labute approximate surface area is 167 Å². The van der Waals surface area contributed by atoms with Crippen molar-refractivity contribution in [3.63, 3.8) is 0 Å². The molecule has 0 atom stereocenters. The number of carbonyl (C=O) groups is 2. The van der Waals surface area contributed by atoms with Gasteiger partial charge in [-0.05, 0) is 31.0 Å². The first kappa shape index (κ1) is 19.6. The number of hydrogen-bond donors (Lipinski definition) is 2. The van der Waals surface area contributed by atoms with Crippen LogP contribution in [0.25, 0.3) is 5.69 Å². The van der Waals surface area contributed by atoms with Gasteiger partial charge in [0.2, 0.25) is 5.91 Å². The molecule has 0 aliphatic rings. The Morgan fingerprint density at radius 3 is 2.46 bits per heavy atom. The quantitative estimate of drug-likeness (QED) is 0.627. The van der Waals surface area contributed by atoms with E-state index in [1.54, 1.807) is 0 Å². The van der Waals surface area contributed by atoms with Gasteiger partial charge in [-0.2, -0.15) is 0 Å². The summed E-state index contributed by atoms with van der Waals surface area (Å²) in [5.74, 6) is 0.397. The third kappa shape index (κ3) is 4.98. The summed E-state index contributed by atoms with van der Waals surface area (Å²) in [6.07, 6.45) is 0. The number of imide groups is 1. The van der Waals surface area contributed by atoms with Gasteiger partial charge in [0.1, 0.15) is 5.82 Å². The van der Waals surface area contributed by atoms with Gasteiger partial charge >= 0.3 is 6.03 Å².